The minimum absolute atomic E-state index is 0.137. The molecule has 2 aromatic rings. The maximum absolute atomic E-state index is 10.3. The van der Waals surface area contributed by atoms with Crippen molar-refractivity contribution < 1.29 is 9.90 Å². The van der Waals surface area contributed by atoms with Gasteiger partial charge in [-0.25, -0.2) is 4.79 Å². The molecular weight excluding hydrogens is 272 g/mol. The lowest BCUT2D eigenvalue weighted by atomic mass is 10.1. The summed E-state index contributed by atoms with van der Waals surface area (Å²) >= 11 is 4.69. The molecule has 0 bridgehead atoms. The van der Waals surface area contributed by atoms with Crippen LogP contribution in [0.5, 0.6) is 0 Å². The second-order valence-electron chi connectivity index (χ2n) is 4.39. The lowest BCUT2D eigenvalue weighted by Crippen LogP contribution is -2.17. The normalized spacial score (nSPS) is 11.1. The van der Waals surface area contributed by atoms with Gasteiger partial charge in [0.1, 0.15) is 4.64 Å². The highest BCUT2D eigenvalue weighted by molar-refractivity contribution is 7.71. The molecule has 0 spiro atoms. The zero-order chi connectivity index (χ0) is 15.0. The summed E-state index contributed by atoms with van der Waals surface area (Å²) in [4.78, 5) is 13.0. The SMILES string of the molecule is CC(N)Cc1ccccc1.O=C(O)c1ccc[nH]c1=S. The molecule has 0 saturated carbocycles. The van der Waals surface area contributed by atoms with E-state index in [4.69, 9.17) is 23.1 Å². The van der Waals surface area contributed by atoms with Crippen LogP contribution in [0.1, 0.15) is 22.8 Å². The first-order valence-corrected chi connectivity index (χ1v) is 6.62. The fourth-order valence-corrected chi connectivity index (χ4v) is 1.80. The molecule has 0 radical (unpaired) electrons. The Kier molecular flexibility index (Phi) is 6.63. The maximum atomic E-state index is 10.3. The van der Waals surface area contributed by atoms with Crippen LogP contribution in [0.2, 0.25) is 0 Å². The van der Waals surface area contributed by atoms with Crippen LogP contribution in [0.25, 0.3) is 0 Å². The average molecular weight is 290 g/mol. The smallest absolute Gasteiger partial charge is 0.338 e. The Hall–Kier alpha value is -1.98. The molecule has 0 aliphatic heterocycles. The third kappa shape index (κ3) is 5.77. The average Bonchev–Trinajstić information content (AvgIpc) is 2.40. The Labute approximate surface area is 123 Å². The number of aromatic nitrogens is 1. The molecule has 0 aliphatic carbocycles. The summed E-state index contributed by atoms with van der Waals surface area (Å²) in [5.74, 6) is -0.998. The molecule has 0 fully saturated rings. The van der Waals surface area contributed by atoms with Gasteiger partial charge in [-0.3, -0.25) is 0 Å². The standard InChI is InChI=1S/C9H13N.C6H5NO2S/c1-8(10)7-9-5-3-2-4-6-9;8-6(9)4-2-1-3-7-5(4)10/h2-6,8H,7,10H2,1H3;1-3H,(H,7,10)(H,8,9). The van der Waals surface area contributed by atoms with Gasteiger partial charge in [-0.05, 0) is 31.0 Å². The largest absolute Gasteiger partial charge is 0.478 e. The molecule has 0 amide bonds. The van der Waals surface area contributed by atoms with Crippen LogP contribution in [-0.2, 0) is 6.42 Å². The highest BCUT2D eigenvalue weighted by Gasteiger charge is 2.01. The van der Waals surface area contributed by atoms with Crippen LogP contribution in [0.15, 0.2) is 48.7 Å². The highest BCUT2D eigenvalue weighted by Crippen LogP contribution is 2.00. The van der Waals surface area contributed by atoms with E-state index in [1.54, 1.807) is 12.3 Å². The van der Waals surface area contributed by atoms with Crippen molar-refractivity contribution >= 4 is 18.2 Å². The second kappa shape index (κ2) is 8.24. The van der Waals surface area contributed by atoms with Gasteiger partial charge >= 0.3 is 5.97 Å². The number of H-pyrrole nitrogens is 1. The molecular formula is C15H18N2O2S. The third-order valence-corrected chi connectivity index (χ3v) is 2.79. The number of carboxylic acids is 1. The first kappa shape index (κ1) is 16.1. The number of nitrogens with one attached hydrogen (secondary N) is 1. The van der Waals surface area contributed by atoms with Gasteiger partial charge in [-0.15, -0.1) is 0 Å². The van der Waals surface area contributed by atoms with Crippen LogP contribution in [-0.4, -0.2) is 22.1 Å². The van der Waals surface area contributed by atoms with Crippen molar-refractivity contribution in [3.63, 3.8) is 0 Å². The van der Waals surface area contributed by atoms with Crippen molar-refractivity contribution in [1.29, 1.82) is 0 Å². The molecule has 4 nitrogen and oxygen atoms in total. The fourth-order valence-electron chi connectivity index (χ4n) is 1.58. The van der Waals surface area contributed by atoms with Gasteiger partial charge in [-0.1, -0.05) is 42.5 Å². The van der Waals surface area contributed by atoms with Crippen molar-refractivity contribution in [3.8, 4) is 0 Å². The molecule has 0 saturated heterocycles. The molecule has 1 aromatic carbocycles. The minimum Gasteiger partial charge on any atom is -0.478 e. The Morgan fingerprint density at radius 1 is 1.30 bits per heavy atom. The predicted octanol–water partition coefficient (Wildman–Crippen LogP) is 3.02. The first-order chi connectivity index (χ1) is 9.50. The van der Waals surface area contributed by atoms with E-state index < -0.39 is 5.97 Å². The highest BCUT2D eigenvalue weighted by atomic mass is 32.1. The number of nitrogens with two attached hydrogens (primary N) is 1. The summed E-state index contributed by atoms with van der Waals surface area (Å²) in [7, 11) is 0. The lowest BCUT2D eigenvalue weighted by Gasteiger charge is -2.02. The van der Waals surface area contributed by atoms with E-state index in [0.29, 0.717) is 0 Å². The number of hydrogen-bond donors (Lipinski definition) is 3. The molecule has 20 heavy (non-hydrogen) atoms. The fraction of sp³-hybridized carbons (Fsp3) is 0.200. The lowest BCUT2D eigenvalue weighted by molar-refractivity contribution is 0.0696. The van der Waals surface area contributed by atoms with E-state index in [2.05, 4.69) is 17.1 Å². The van der Waals surface area contributed by atoms with E-state index in [1.807, 2.05) is 25.1 Å². The predicted molar refractivity (Wildman–Crippen MR) is 82.4 cm³/mol. The maximum Gasteiger partial charge on any atom is 0.338 e. The number of carbonyl (C=O) groups is 1. The van der Waals surface area contributed by atoms with E-state index in [1.165, 1.54) is 11.6 Å². The van der Waals surface area contributed by atoms with Crippen LogP contribution >= 0.6 is 12.2 Å². The summed E-state index contributed by atoms with van der Waals surface area (Å²) in [6, 6.07) is 13.6. The number of rotatable bonds is 3. The van der Waals surface area contributed by atoms with Crippen LogP contribution < -0.4 is 5.73 Å². The monoisotopic (exact) mass is 290 g/mol. The molecule has 1 unspecified atom stereocenters. The van der Waals surface area contributed by atoms with Crippen LogP contribution in [0.3, 0.4) is 0 Å². The van der Waals surface area contributed by atoms with Gasteiger partial charge in [0, 0.05) is 12.2 Å². The number of benzene rings is 1. The number of aromatic carboxylic acids is 1. The summed E-state index contributed by atoms with van der Waals surface area (Å²) < 4.78 is 0.259. The van der Waals surface area contributed by atoms with Gasteiger partial charge in [0.05, 0.1) is 5.56 Å². The summed E-state index contributed by atoms with van der Waals surface area (Å²) in [6.45, 7) is 2.02. The van der Waals surface area contributed by atoms with Gasteiger partial charge in [0.15, 0.2) is 0 Å². The Balaban J connectivity index is 0.000000200. The quantitative estimate of drug-likeness (QED) is 0.759. The van der Waals surface area contributed by atoms with Crippen molar-refractivity contribution in [2.75, 3.05) is 0 Å². The zero-order valence-electron chi connectivity index (χ0n) is 11.2. The van der Waals surface area contributed by atoms with E-state index in [0.717, 1.165) is 6.42 Å². The Morgan fingerprint density at radius 3 is 2.40 bits per heavy atom. The first-order valence-electron chi connectivity index (χ1n) is 6.21. The Morgan fingerprint density at radius 2 is 1.95 bits per heavy atom. The minimum atomic E-state index is -0.998. The topological polar surface area (TPSA) is 79.1 Å². The zero-order valence-corrected chi connectivity index (χ0v) is 12.1. The van der Waals surface area contributed by atoms with E-state index in [-0.39, 0.29) is 16.2 Å². The van der Waals surface area contributed by atoms with Crippen molar-refractivity contribution in [1.82, 2.24) is 4.98 Å². The number of carboxylic acid groups (broad SMARTS) is 1. The van der Waals surface area contributed by atoms with Gasteiger partial charge in [-0.2, -0.15) is 0 Å². The summed E-state index contributed by atoms with van der Waals surface area (Å²) in [5, 5.41) is 8.48. The molecule has 4 N–H and O–H groups in total. The van der Waals surface area contributed by atoms with Crippen LogP contribution in [0.4, 0.5) is 0 Å². The van der Waals surface area contributed by atoms with Gasteiger partial charge in [0.2, 0.25) is 0 Å². The van der Waals surface area contributed by atoms with E-state index >= 15 is 0 Å². The van der Waals surface area contributed by atoms with Crippen LogP contribution in [0, 0.1) is 4.64 Å². The summed E-state index contributed by atoms with van der Waals surface area (Å²) in [5.41, 5.74) is 7.08. The molecule has 1 atom stereocenters. The molecule has 5 heteroatoms. The van der Waals surface area contributed by atoms with Gasteiger partial charge in [0.25, 0.3) is 0 Å². The van der Waals surface area contributed by atoms with E-state index in [9.17, 15) is 4.79 Å². The second-order valence-corrected chi connectivity index (χ2v) is 4.79. The Bertz CT molecular complexity index is 594. The number of hydrogen-bond acceptors (Lipinski definition) is 3. The third-order valence-electron chi connectivity index (χ3n) is 2.45. The molecule has 2 rings (SSSR count). The summed E-state index contributed by atoms with van der Waals surface area (Å²) in [6.07, 6.45) is 2.57. The van der Waals surface area contributed by atoms with Crippen molar-refractivity contribution in [3.05, 3.63) is 64.4 Å². The number of pyridine rings is 1. The number of aromatic amines is 1. The van der Waals surface area contributed by atoms with Gasteiger partial charge < -0.3 is 15.8 Å². The molecule has 0 aliphatic rings. The van der Waals surface area contributed by atoms with Crippen molar-refractivity contribution in [2.45, 2.75) is 19.4 Å². The van der Waals surface area contributed by atoms with Crippen molar-refractivity contribution in [2.24, 2.45) is 5.73 Å². The molecule has 1 heterocycles. The molecule has 1 aromatic heterocycles. The molecule has 106 valence electrons.